The Kier molecular flexibility index (Phi) is 3.18. The fraction of sp³-hybridized carbons (Fsp3) is 0.0625. The van der Waals surface area contributed by atoms with Crippen LogP contribution < -0.4 is 0 Å². The van der Waals surface area contributed by atoms with Gasteiger partial charge < -0.3 is 4.98 Å². The molecular weight excluding hydrogens is 321 g/mol. The molecule has 2 aromatic carbocycles. The average Bonchev–Trinajstić information content (AvgIpc) is 2.84. The van der Waals surface area contributed by atoms with Crippen molar-refractivity contribution in [1.29, 1.82) is 0 Å². The summed E-state index contributed by atoms with van der Waals surface area (Å²) < 4.78 is 14.3. The number of carbonyl (C=O) groups is 1. The average molecular weight is 332 g/mol. The number of nitrogens with one attached hydrogen (secondary N) is 1. The number of hydrogen-bond donors (Lipinski definition) is 1. The van der Waals surface area contributed by atoms with E-state index >= 15 is 0 Å². The van der Waals surface area contributed by atoms with Crippen LogP contribution in [0.15, 0.2) is 47.1 Å². The van der Waals surface area contributed by atoms with Crippen molar-refractivity contribution >= 4 is 32.6 Å². The van der Waals surface area contributed by atoms with E-state index < -0.39 is 0 Å². The molecule has 0 radical (unpaired) electrons. The highest BCUT2D eigenvalue weighted by molar-refractivity contribution is 9.10. The van der Waals surface area contributed by atoms with Gasteiger partial charge in [-0.15, -0.1) is 0 Å². The zero-order chi connectivity index (χ0) is 14.3. The van der Waals surface area contributed by atoms with E-state index in [-0.39, 0.29) is 11.6 Å². The Morgan fingerprint density at radius 3 is 2.80 bits per heavy atom. The molecule has 0 saturated heterocycles. The first kappa shape index (κ1) is 13.1. The molecule has 0 aliphatic heterocycles. The number of halogens is 2. The standard InChI is InChI=1S/C16H11BrFNO/c1-9-11(3-2-4-14(9)17)16(20)13-8-19-15-6-5-10(18)7-12(13)15/h2-8,19H,1H3. The number of ketones is 1. The smallest absolute Gasteiger partial charge is 0.195 e. The molecule has 1 heterocycles. The van der Waals surface area contributed by atoms with E-state index in [2.05, 4.69) is 20.9 Å². The van der Waals surface area contributed by atoms with E-state index in [1.807, 2.05) is 19.1 Å². The first-order valence-corrected chi connectivity index (χ1v) is 6.93. The summed E-state index contributed by atoms with van der Waals surface area (Å²) in [4.78, 5) is 15.6. The maximum Gasteiger partial charge on any atom is 0.195 e. The highest BCUT2D eigenvalue weighted by atomic mass is 79.9. The molecule has 0 spiro atoms. The number of carbonyl (C=O) groups excluding carboxylic acids is 1. The molecule has 3 rings (SSSR count). The van der Waals surface area contributed by atoms with Crippen LogP contribution in [0.5, 0.6) is 0 Å². The minimum absolute atomic E-state index is 0.111. The summed E-state index contributed by atoms with van der Waals surface area (Å²) in [5.41, 5.74) is 2.73. The van der Waals surface area contributed by atoms with Crippen LogP contribution in [-0.2, 0) is 0 Å². The SMILES string of the molecule is Cc1c(Br)cccc1C(=O)c1c[nH]c2ccc(F)cc12. The van der Waals surface area contributed by atoms with Gasteiger partial charge in [0, 0.05) is 32.7 Å². The van der Waals surface area contributed by atoms with Crippen LogP contribution in [0.25, 0.3) is 10.9 Å². The predicted molar refractivity (Wildman–Crippen MR) is 80.6 cm³/mol. The van der Waals surface area contributed by atoms with E-state index in [9.17, 15) is 9.18 Å². The third kappa shape index (κ3) is 2.06. The maximum atomic E-state index is 13.4. The lowest BCUT2D eigenvalue weighted by atomic mass is 9.99. The van der Waals surface area contributed by atoms with Crippen LogP contribution in [0.2, 0.25) is 0 Å². The second kappa shape index (κ2) is 4.87. The monoisotopic (exact) mass is 331 g/mol. The molecule has 0 saturated carbocycles. The highest BCUT2D eigenvalue weighted by Crippen LogP contribution is 2.26. The van der Waals surface area contributed by atoms with Gasteiger partial charge in [0.2, 0.25) is 0 Å². The van der Waals surface area contributed by atoms with Crippen LogP contribution in [0.1, 0.15) is 21.5 Å². The van der Waals surface area contributed by atoms with Gasteiger partial charge in [-0.2, -0.15) is 0 Å². The van der Waals surface area contributed by atoms with Gasteiger partial charge in [-0.3, -0.25) is 4.79 Å². The van der Waals surface area contributed by atoms with Crippen LogP contribution in [0, 0.1) is 12.7 Å². The molecule has 1 aromatic heterocycles. The molecule has 4 heteroatoms. The highest BCUT2D eigenvalue weighted by Gasteiger charge is 2.17. The van der Waals surface area contributed by atoms with E-state index in [0.717, 1.165) is 15.6 Å². The third-order valence-corrected chi connectivity index (χ3v) is 4.26. The molecule has 2 nitrogen and oxygen atoms in total. The molecule has 1 N–H and O–H groups in total. The van der Waals surface area contributed by atoms with Crippen molar-refractivity contribution in [1.82, 2.24) is 4.98 Å². The molecule has 0 unspecified atom stereocenters. The van der Waals surface area contributed by atoms with Gasteiger partial charge in [0.05, 0.1) is 0 Å². The summed E-state index contributed by atoms with van der Waals surface area (Å²) in [6.45, 7) is 1.88. The molecule has 0 bridgehead atoms. The maximum absolute atomic E-state index is 13.4. The van der Waals surface area contributed by atoms with Gasteiger partial charge in [-0.25, -0.2) is 4.39 Å². The minimum atomic E-state index is -0.350. The summed E-state index contributed by atoms with van der Waals surface area (Å²) in [5.74, 6) is -0.460. The molecule has 100 valence electrons. The second-order valence-corrected chi connectivity index (χ2v) is 5.49. The van der Waals surface area contributed by atoms with Crippen LogP contribution in [0.4, 0.5) is 4.39 Å². The van der Waals surface area contributed by atoms with Gasteiger partial charge in [0.1, 0.15) is 5.82 Å². The first-order valence-electron chi connectivity index (χ1n) is 6.14. The molecule has 3 aromatic rings. The first-order chi connectivity index (χ1) is 9.58. The lowest BCUT2D eigenvalue weighted by molar-refractivity contribution is 0.103. The van der Waals surface area contributed by atoms with Gasteiger partial charge >= 0.3 is 0 Å². The summed E-state index contributed by atoms with van der Waals surface area (Å²) in [6.07, 6.45) is 1.63. The van der Waals surface area contributed by atoms with Crippen LogP contribution >= 0.6 is 15.9 Å². The number of aromatic nitrogens is 1. The molecule has 0 aliphatic rings. The van der Waals surface area contributed by atoms with Crippen molar-refractivity contribution in [2.75, 3.05) is 0 Å². The zero-order valence-corrected chi connectivity index (χ0v) is 12.3. The minimum Gasteiger partial charge on any atom is -0.360 e. The second-order valence-electron chi connectivity index (χ2n) is 4.63. The van der Waals surface area contributed by atoms with Crippen molar-refractivity contribution in [3.05, 3.63) is 69.6 Å². The van der Waals surface area contributed by atoms with Crippen molar-refractivity contribution in [2.24, 2.45) is 0 Å². The van der Waals surface area contributed by atoms with E-state index in [0.29, 0.717) is 16.5 Å². The quantitative estimate of drug-likeness (QED) is 0.683. The lowest BCUT2D eigenvalue weighted by Gasteiger charge is -2.06. The topological polar surface area (TPSA) is 32.9 Å². The van der Waals surface area contributed by atoms with Gasteiger partial charge in [0.25, 0.3) is 0 Å². The molecule has 0 atom stereocenters. The Hall–Kier alpha value is -1.94. The molecule has 0 amide bonds. The van der Waals surface area contributed by atoms with Crippen molar-refractivity contribution in [3.8, 4) is 0 Å². The molecule has 0 fully saturated rings. The predicted octanol–water partition coefficient (Wildman–Crippen LogP) is 4.61. The number of aromatic amines is 1. The lowest BCUT2D eigenvalue weighted by Crippen LogP contribution is -2.03. The largest absolute Gasteiger partial charge is 0.360 e. The Balaban J connectivity index is 2.18. The Morgan fingerprint density at radius 1 is 1.20 bits per heavy atom. The Morgan fingerprint density at radius 2 is 2.00 bits per heavy atom. The summed E-state index contributed by atoms with van der Waals surface area (Å²) in [7, 11) is 0. The molecule has 20 heavy (non-hydrogen) atoms. The third-order valence-electron chi connectivity index (χ3n) is 3.40. The summed E-state index contributed by atoms with van der Waals surface area (Å²) in [5, 5.41) is 0.606. The number of H-pyrrole nitrogens is 1. The van der Waals surface area contributed by atoms with E-state index in [1.54, 1.807) is 18.3 Å². The summed E-state index contributed by atoms with van der Waals surface area (Å²) in [6, 6.07) is 9.88. The zero-order valence-electron chi connectivity index (χ0n) is 10.7. The number of rotatable bonds is 2. The van der Waals surface area contributed by atoms with Crippen LogP contribution in [-0.4, -0.2) is 10.8 Å². The van der Waals surface area contributed by atoms with Gasteiger partial charge in [-0.05, 0) is 36.8 Å². The van der Waals surface area contributed by atoms with E-state index in [1.165, 1.54) is 12.1 Å². The number of hydrogen-bond acceptors (Lipinski definition) is 1. The van der Waals surface area contributed by atoms with Gasteiger partial charge in [-0.1, -0.05) is 28.1 Å². The molecular formula is C16H11BrFNO. The normalized spacial score (nSPS) is 10.9. The Bertz CT molecular complexity index is 822. The summed E-state index contributed by atoms with van der Waals surface area (Å²) >= 11 is 3.42. The van der Waals surface area contributed by atoms with Crippen LogP contribution in [0.3, 0.4) is 0 Å². The van der Waals surface area contributed by atoms with Crippen molar-refractivity contribution in [3.63, 3.8) is 0 Å². The molecule has 0 aliphatic carbocycles. The fourth-order valence-electron chi connectivity index (χ4n) is 2.28. The van der Waals surface area contributed by atoms with Gasteiger partial charge in [0.15, 0.2) is 5.78 Å². The van der Waals surface area contributed by atoms with E-state index in [4.69, 9.17) is 0 Å². The van der Waals surface area contributed by atoms with Crippen molar-refractivity contribution < 1.29 is 9.18 Å². The number of fused-ring (bicyclic) bond motifs is 1. The Labute approximate surface area is 123 Å². The fourth-order valence-corrected chi connectivity index (χ4v) is 2.65. The number of benzene rings is 2. The van der Waals surface area contributed by atoms with Crippen molar-refractivity contribution in [2.45, 2.75) is 6.92 Å².